The zero-order valence-electron chi connectivity index (χ0n) is 22.5. The van der Waals surface area contributed by atoms with Gasteiger partial charge in [0.05, 0.1) is 19.3 Å². The van der Waals surface area contributed by atoms with E-state index in [2.05, 4.69) is 25.9 Å². The molecule has 1 aliphatic heterocycles. The normalized spacial score (nSPS) is 16.1. The average molecular weight is 598 g/mol. The first kappa shape index (κ1) is 31.0. The Hall–Kier alpha value is -3.91. The summed E-state index contributed by atoms with van der Waals surface area (Å²) in [5.41, 5.74) is -5.32. The van der Waals surface area contributed by atoms with E-state index in [4.69, 9.17) is 9.47 Å². The first-order chi connectivity index (χ1) is 19.9. The van der Waals surface area contributed by atoms with Crippen molar-refractivity contribution >= 4 is 17.4 Å². The van der Waals surface area contributed by atoms with E-state index < -0.39 is 42.1 Å². The minimum Gasteiger partial charge on any atom is -0.481 e. The fourth-order valence-electron chi connectivity index (χ4n) is 4.63. The lowest BCUT2D eigenvalue weighted by atomic mass is 9.91. The van der Waals surface area contributed by atoms with Crippen LogP contribution in [-0.2, 0) is 16.9 Å². The third-order valence-corrected chi connectivity index (χ3v) is 6.76. The number of alkyl halides is 6. The summed E-state index contributed by atoms with van der Waals surface area (Å²) in [4.78, 5) is 21.3. The van der Waals surface area contributed by atoms with Crippen molar-refractivity contribution in [2.45, 2.75) is 49.8 Å². The smallest absolute Gasteiger partial charge is 0.430 e. The number of carbonyl (C=O) groups excluding carboxylic acids is 1. The highest BCUT2D eigenvalue weighted by atomic mass is 19.4. The van der Waals surface area contributed by atoms with Crippen LogP contribution in [-0.4, -0.2) is 54.5 Å². The van der Waals surface area contributed by atoms with Gasteiger partial charge in [0, 0.05) is 42.3 Å². The Bertz CT molecular complexity index is 1350. The molecular weight excluding hydrogens is 568 g/mol. The largest absolute Gasteiger partial charge is 0.481 e. The van der Waals surface area contributed by atoms with E-state index in [1.165, 1.54) is 37.7 Å². The number of ether oxygens (including phenoxy) is 2. The Morgan fingerprint density at radius 2 is 1.79 bits per heavy atom. The average Bonchev–Trinajstić information content (AvgIpc) is 2.96. The van der Waals surface area contributed by atoms with Gasteiger partial charge in [-0.1, -0.05) is 18.6 Å². The Balaban J connectivity index is 1.58. The second-order valence-corrected chi connectivity index (χ2v) is 9.63. The van der Waals surface area contributed by atoms with Crippen molar-refractivity contribution in [3.63, 3.8) is 0 Å². The summed E-state index contributed by atoms with van der Waals surface area (Å²) in [6.45, 7) is -0.106. The van der Waals surface area contributed by atoms with E-state index in [0.29, 0.717) is 37.4 Å². The van der Waals surface area contributed by atoms with Crippen molar-refractivity contribution in [1.82, 2.24) is 15.3 Å². The maximum absolute atomic E-state index is 14.3. The molecule has 1 aromatic carbocycles. The molecular formula is C28H29F6N5O3. The van der Waals surface area contributed by atoms with Gasteiger partial charge in [0.1, 0.15) is 5.82 Å². The number of hydrogen-bond donors (Lipinski definition) is 3. The zero-order chi connectivity index (χ0) is 30.4. The lowest BCUT2D eigenvalue weighted by Crippen LogP contribution is -2.57. The number of rotatable bonds is 10. The number of benzene rings is 1. The van der Waals surface area contributed by atoms with Crippen molar-refractivity contribution in [2.24, 2.45) is 0 Å². The third-order valence-electron chi connectivity index (χ3n) is 6.76. The fourth-order valence-corrected chi connectivity index (χ4v) is 4.63. The van der Waals surface area contributed by atoms with Crippen LogP contribution in [0.4, 0.5) is 37.8 Å². The Morgan fingerprint density at radius 3 is 2.48 bits per heavy atom. The van der Waals surface area contributed by atoms with Crippen LogP contribution in [0.3, 0.4) is 0 Å². The third kappa shape index (κ3) is 6.93. The van der Waals surface area contributed by atoms with E-state index >= 15 is 0 Å². The van der Waals surface area contributed by atoms with Gasteiger partial charge in [0.2, 0.25) is 5.88 Å². The number of halogens is 6. The molecule has 1 amide bonds. The molecule has 1 aliphatic rings. The minimum absolute atomic E-state index is 0.0152. The monoisotopic (exact) mass is 597 g/mol. The molecule has 4 rings (SSSR count). The van der Waals surface area contributed by atoms with Gasteiger partial charge >= 0.3 is 12.4 Å². The van der Waals surface area contributed by atoms with Gasteiger partial charge < -0.3 is 25.4 Å². The van der Waals surface area contributed by atoms with Crippen LogP contribution in [0.5, 0.6) is 5.88 Å². The molecule has 0 unspecified atom stereocenters. The van der Waals surface area contributed by atoms with Gasteiger partial charge in [-0.05, 0) is 55.3 Å². The van der Waals surface area contributed by atoms with Crippen LogP contribution in [0, 0.1) is 0 Å². The quantitative estimate of drug-likeness (QED) is 0.253. The molecule has 3 N–H and O–H groups in total. The van der Waals surface area contributed by atoms with E-state index in [1.54, 1.807) is 12.1 Å². The van der Waals surface area contributed by atoms with Crippen LogP contribution < -0.4 is 20.7 Å². The molecule has 0 bridgehead atoms. The molecule has 1 saturated heterocycles. The maximum Gasteiger partial charge on any atom is 0.430 e. The Morgan fingerprint density at radius 1 is 1.00 bits per heavy atom. The number of amides is 1. The molecule has 3 aromatic rings. The number of anilines is 2. The van der Waals surface area contributed by atoms with Gasteiger partial charge in [0.25, 0.3) is 11.5 Å². The number of nitrogens with zero attached hydrogens (tertiary/aromatic N) is 2. The second kappa shape index (κ2) is 12.9. The maximum atomic E-state index is 14.3. The van der Waals surface area contributed by atoms with Crippen molar-refractivity contribution in [1.29, 1.82) is 0 Å². The highest BCUT2D eigenvalue weighted by Crippen LogP contribution is 2.53. The molecule has 8 nitrogen and oxygen atoms in total. The summed E-state index contributed by atoms with van der Waals surface area (Å²) < 4.78 is 95.8. The fraction of sp³-hybridized carbons (Fsp3) is 0.393. The van der Waals surface area contributed by atoms with E-state index in [-0.39, 0.29) is 23.6 Å². The summed E-state index contributed by atoms with van der Waals surface area (Å²) in [6, 6.07) is 9.10. The van der Waals surface area contributed by atoms with Crippen LogP contribution in [0.25, 0.3) is 0 Å². The van der Waals surface area contributed by atoms with Gasteiger partial charge in [-0.2, -0.15) is 26.3 Å². The summed E-state index contributed by atoms with van der Waals surface area (Å²) in [5, 5.41) is 8.27. The highest BCUT2D eigenvalue weighted by Gasteiger charge is 2.73. The van der Waals surface area contributed by atoms with Gasteiger partial charge in [-0.3, -0.25) is 4.79 Å². The Kier molecular flexibility index (Phi) is 9.57. The molecule has 0 radical (unpaired) electrons. The molecule has 0 spiro atoms. The molecule has 226 valence electrons. The molecule has 0 saturated carbocycles. The summed E-state index contributed by atoms with van der Waals surface area (Å²) >= 11 is 0. The van der Waals surface area contributed by atoms with Gasteiger partial charge in [-0.15, -0.1) is 0 Å². The number of methoxy groups -OCH3 is 1. The number of aromatic nitrogens is 2. The van der Waals surface area contributed by atoms with Gasteiger partial charge in [-0.25, -0.2) is 9.97 Å². The standard InChI is InChI=1S/C28H29F6N5O3/c1-41-23-14-18(10-13-36-23)16-38-24-22(9-5-12-37-24)25(40)39-20-8-4-6-19(15-20)26(27(29,30)31,28(32,33)34)42-17-21-7-2-3-11-35-21/h4-6,8-10,12-15,21,35H,2-3,7,11,16-17H2,1H3,(H,37,38)(H,39,40)/t21-/m0/s1. The van der Waals surface area contributed by atoms with E-state index in [0.717, 1.165) is 18.1 Å². The predicted octanol–water partition coefficient (Wildman–Crippen LogP) is 5.83. The molecule has 14 heteroatoms. The number of carbonyl (C=O) groups is 1. The zero-order valence-corrected chi connectivity index (χ0v) is 22.5. The number of piperidine rings is 1. The van der Waals surface area contributed by atoms with E-state index in [1.807, 2.05) is 0 Å². The van der Waals surface area contributed by atoms with Crippen LogP contribution in [0.2, 0.25) is 0 Å². The molecule has 0 aliphatic carbocycles. The number of pyridine rings is 2. The predicted molar refractivity (Wildman–Crippen MR) is 142 cm³/mol. The summed E-state index contributed by atoms with van der Waals surface area (Å²) in [5.74, 6) is -0.280. The lowest BCUT2D eigenvalue weighted by molar-refractivity contribution is -0.390. The van der Waals surface area contributed by atoms with Crippen LogP contribution in [0.15, 0.2) is 60.9 Å². The SMILES string of the molecule is COc1cc(CNc2ncccc2C(=O)Nc2cccc(C(OC[C@@H]3CCCCN3)(C(F)(F)F)C(F)(F)F)c2)ccn1. The van der Waals surface area contributed by atoms with Crippen molar-refractivity contribution in [2.75, 3.05) is 30.9 Å². The molecule has 3 heterocycles. The van der Waals surface area contributed by atoms with Crippen LogP contribution in [0.1, 0.15) is 40.7 Å². The van der Waals surface area contributed by atoms with Crippen molar-refractivity contribution in [3.05, 3.63) is 77.6 Å². The summed E-state index contributed by atoms with van der Waals surface area (Å²) in [7, 11) is 1.46. The lowest BCUT2D eigenvalue weighted by Gasteiger charge is -2.39. The summed E-state index contributed by atoms with van der Waals surface area (Å²) in [6.07, 6.45) is -6.92. The Labute approximate surface area is 237 Å². The van der Waals surface area contributed by atoms with Crippen molar-refractivity contribution < 1.29 is 40.6 Å². The van der Waals surface area contributed by atoms with Crippen LogP contribution >= 0.6 is 0 Å². The molecule has 1 fully saturated rings. The van der Waals surface area contributed by atoms with E-state index in [9.17, 15) is 31.1 Å². The number of nitrogens with one attached hydrogen (secondary N) is 3. The second-order valence-electron chi connectivity index (χ2n) is 9.63. The first-order valence-corrected chi connectivity index (χ1v) is 13.0. The highest BCUT2D eigenvalue weighted by molar-refractivity contribution is 6.07. The first-order valence-electron chi connectivity index (χ1n) is 13.0. The molecule has 2 aromatic heterocycles. The van der Waals surface area contributed by atoms with Gasteiger partial charge in [0.15, 0.2) is 0 Å². The molecule has 42 heavy (non-hydrogen) atoms. The topological polar surface area (TPSA) is 97.4 Å². The molecule has 1 atom stereocenters. The number of hydrogen-bond acceptors (Lipinski definition) is 7. The minimum atomic E-state index is -5.85. The van der Waals surface area contributed by atoms with Crippen molar-refractivity contribution in [3.8, 4) is 5.88 Å².